The molecular formula is C15H11F2N3O2. The Balaban J connectivity index is 2.30. The second kappa shape index (κ2) is 5.10. The molecule has 112 valence electrons. The fourth-order valence-corrected chi connectivity index (χ4v) is 2.31. The van der Waals surface area contributed by atoms with Gasteiger partial charge in [-0.3, -0.25) is 4.79 Å². The predicted octanol–water partition coefficient (Wildman–Crippen LogP) is 2.65. The van der Waals surface area contributed by atoms with E-state index in [1.807, 2.05) is 0 Å². The molecule has 0 spiro atoms. The fraction of sp³-hybridized carbons (Fsp3) is 0.0667. The molecule has 5 nitrogen and oxygen atoms in total. The highest BCUT2D eigenvalue weighted by molar-refractivity contribution is 5.83. The van der Waals surface area contributed by atoms with Gasteiger partial charge in [0.2, 0.25) is 0 Å². The van der Waals surface area contributed by atoms with Crippen LogP contribution < -0.4 is 5.73 Å². The minimum atomic E-state index is -1.12. The first kappa shape index (κ1) is 14.0. The second-order valence-corrected chi connectivity index (χ2v) is 4.80. The maximum atomic E-state index is 13.5. The SMILES string of the molecule is Nc1cccc(-c2nc3cc(F)c(F)cc3n2CC(=O)O)c1. The maximum Gasteiger partial charge on any atom is 0.323 e. The number of imidazole rings is 1. The van der Waals surface area contributed by atoms with Crippen LogP contribution in [0.2, 0.25) is 0 Å². The lowest BCUT2D eigenvalue weighted by Crippen LogP contribution is -2.10. The lowest BCUT2D eigenvalue weighted by Gasteiger charge is -2.07. The molecule has 0 bridgehead atoms. The van der Waals surface area contributed by atoms with E-state index in [-0.39, 0.29) is 16.9 Å². The average molecular weight is 303 g/mol. The number of hydrogen-bond donors (Lipinski definition) is 2. The van der Waals surface area contributed by atoms with E-state index < -0.39 is 24.1 Å². The summed E-state index contributed by atoms with van der Waals surface area (Å²) < 4.78 is 28.1. The number of hydrogen-bond acceptors (Lipinski definition) is 3. The molecule has 0 saturated heterocycles. The van der Waals surface area contributed by atoms with Gasteiger partial charge in [-0.25, -0.2) is 13.8 Å². The van der Waals surface area contributed by atoms with E-state index in [1.165, 1.54) is 4.57 Å². The number of carboxylic acid groups (broad SMARTS) is 1. The van der Waals surface area contributed by atoms with Crippen LogP contribution in [-0.4, -0.2) is 20.6 Å². The Bertz CT molecular complexity index is 890. The van der Waals surface area contributed by atoms with Crippen molar-refractivity contribution in [1.29, 1.82) is 0 Å². The highest BCUT2D eigenvalue weighted by atomic mass is 19.2. The van der Waals surface area contributed by atoms with Gasteiger partial charge in [-0.15, -0.1) is 0 Å². The molecule has 7 heteroatoms. The van der Waals surface area contributed by atoms with Crippen LogP contribution in [0.5, 0.6) is 0 Å². The number of carboxylic acids is 1. The number of nitrogen functional groups attached to an aromatic ring is 1. The molecular weight excluding hydrogens is 292 g/mol. The Labute approximate surface area is 123 Å². The lowest BCUT2D eigenvalue weighted by molar-refractivity contribution is -0.137. The third-order valence-corrected chi connectivity index (χ3v) is 3.23. The summed E-state index contributed by atoms with van der Waals surface area (Å²) in [5.41, 5.74) is 7.15. The molecule has 3 N–H and O–H groups in total. The second-order valence-electron chi connectivity index (χ2n) is 4.80. The van der Waals surface area contributed by atoms with Crippen molar-refractivity contribution in [1.82, 2.24) is 9.55 Å². The standard InChI is InChI=1S/C15H11F2N3O2/c16-10-5-12-13(6-11(10)17)20(7-14(21)22)15(19-12)8-2-1-3-9(18)4-8/h1-6H,7,18H2,(H,21,22). The highest BCUT2D eigenvalue weighted by Crippen LogP contribution is 2.27. The van der Waals surface area contributed by atoms with Gasteiger partial charge in [-0.1, -0.05) is 12.1 Å². The minimum Gasteiger partial charge on any atom is -0.480 e. The Morgan fingerprint density at radius 2 is 1.95 bits per heavy atom. The number of benzene rings is 2. The van der Waals surface area contributed by atoms with Crippen LogP contribution in [0.3, 0.4) is 0 Å². The fourth-order valence-electron chi connectivity index (χ4n) is 2.31. The molecule has 0 amide bonds. The number of carbonyl (C=O) groups is 1. The predicted molar refractivity (Wildman–Crippen MR) is 77.1 cm³/mol. The zero-order chi connectivity index (χ0) is 15.9. The zero-order valence-electron chi connectivity index (χ0n) is 11.3. The number of halogens is 2. The molecule has 0 aliphatic rings. The first-order valence-corrected chi connectivity index (χ1v) is 6.38. The lowest BCUT2D eigenvalue weighted by atomic mass is 10.2. The van der Waals surface area contributed by atoms with Crippen molar-refractivity contribution in [2.24, 2.45) is 0 Å². The van der Waals surface area contributed by atoms with E-state index in [4.69, 9.17) is 10.8 Å². The number of rotatable bonds is 3. The normalized spacial score (nSPS) is 11.0. The van der Waals surface area contributed by atoms with Crippen molar-refractivity contribution in [3.8, 4) is 11.4 Å². The number of aliphatic carboxylic acids is 1. The molecule has 22 heavy (non-hydrogen) atoms. The van der Waals surface area contributed by atoms with Gasteiger partial charge in [0.15, 0.2) is 11.6 Å². The summed E-state index contributed by atoms with van der Waals surface area (Å²) >= 11 is 0. The monoisotopic (exact) mass is 303 g/mol. The van der Waals surface area contributed by atoms with E-state index in [1.54, 1.807) is 24.3 Å². The van der Waals surface area contributed by atoms with Crippen molar-refractivity contribution in [2.75, 3.05) is 5.73 Å². The molecule has 0 radical (unpaired) electrons. The first-order valence-electron chi connectivity index (χ1n) is 6.38. The number of nitrogens with two attached hydrogens (primary N) is 1. The first-order chi connectivity index (χ1) is 10.5. The number of aromatic nitrogens is 2. The van der Waals surface area contributed by atoms with Crippen molar-refractivity contribution in [2.45, 2.75) is 6.54 Å². The smallest absolute Gasteiger partial charge is 0.323 e. The van der Waals surface area contributed by atoms with Crippen LogP contribution >= 0.6 is 0 Å². The molecule has 3 aromatic rings. The third-order valence-electron chi connectivity index (χ3n) is 3.23. The summed E-state index contributed by atoms with van der Waals surface area (Å²) in [5.74, 6) is -2.92. The van der Waals surface area contributed by atoms with Gasteiger partial charge < -0.3 is 15.4 Å². The van der Waals surface area contributed by atoms with Crippen LogP contribution in [0.25, 0.3) is 22.4 Å². The van der Waals surface area contributed by atoms with Crippen molar-refractivity contribution in [3.05, 3.63) is 48.0 Å². The molecule has 0 fully saturated rings. The van der Waals surface area contributed by atoms with Gasteiger partial charge in [0, 0.05) is 23.4 Å². The molecule has 0 atom stereocenters. The van der Waals surface area contributed by atoms with Gasteiger partial charge in [0.25, 0.3) is 0 Å². The van der Waals surface area contributed by atoms with Crippen LogP contribution in [0.1, 0.15) is 0 Å². The van der Waals surface area contributed by atoms with Crippen molar-refractivity contribution < 1.29 is 18.7 Å². The molecule has 3 rings (SSSR count). The molecule has 0 aliphatic carbocycles. The maximum absolute atomic E-state index is 13.5. The summed E-state index contributed by atoms with van der Waals surface area (Å²) in [6.45, 7) is -0.425. The van der Waals surface area contributed by atoms with Crippen LogP contribution in [0, 0.1) is 11.6 Å². The third kappa shape index (κ3) is 2.37. The largest absolute Gasteiger partial charge is 0.480 e. The van der Waals surface area contributed by atoms with E-state index in [9.17, 15) is 13.6 Å². The summed E-state index contributed by atoms with van der Waals surface area (Å²) in [6.07, 6.45) is 0. The molecule has 1 aromatic heterocycles. The number of anilines is 1. The molecule has 0 aliphatic heterocycles. The highest BCUT2D eigenvalue weighted by Gasteiger charge is 2.17. The van der Waals surface area contributed by atoms with Gasteiger partial charge in [-0.2, -0.15) is 0 Å². The van der Waals surface area contributed by atoms with Gasteiger partial charge >= 0.3 is 5.97 Å². The summed E-state index contributed by atoms with van der Waals surface area (Å²) in [4.78, 5) is 15.3. The zero-order valence-corrected chi connectivity index (χ0v) is 11.3. The number of nitrogens with zero attached hydrogens (tertiary/aromatic N) is 2. The Hall–Kier alpha value is -2.96. The quantitative estimate of drug-likeness (QED) is 0.729. The van der Waals surface area contributed by atoms with Crippen molar-refractivity contribution >= 4 is 22.7 Å². The Kier molecular flexibility index (Phi) is 3.25. The summed E-state index contributed by atoms with van der Waals surface area (Å²) in [5, 5.41) is 9.05. The summed E-state index contributed by atoms with van der Waals surface area (Å²) in [7, 11) is 0. The molecule has 0 unspecified atom stereocenters. The van der Waals surface area contributed by atoms with Gasteiger partial charge in [0.1, 0.15) is 12.4 Å². The van der Waals surface area contributed by atoms with E-state index in [0.29, 0.717) is 11.3 Å². The number of fused-ring (bicyclic) bond motifs is 1. The van der Waals surface area contributed by atoms with Crippen LogP contribution in [-0.2, 0) is 11.3 Å². The van der Waals surface area contributed by atoms with Gasteiger partial charge in [0.05, 0.1) is 11.0 Å². The topological polar surface area (TPSA) is 81.1 Å². The Morgan fingerprint density at radius 1 is 1.23 bits per heavy atom. The molecule has 1 heterocycles. The van der Waals surface area contributed by atoms with Crippen LogP contribution in [0.15, 0.2) is 36.4 Å². The average Bonchev–Trinajstić information content (AvgIpc) is 2.77. The minimum absolute atomic E-state index is 0.178. The van der Waals surface area contributed by atoms with Crippen molar-refractivity contribution in [3.63, 3.8) is 0 Å². The van der Waals surface area contributed by atoms with E-state index >= 15 is 0 Å². The van der Waals surface area contributed by atoms with Gasteiger partial charge in [-0.05, 0) is 12.1 Å². The molecule has 2 aromatic carbocycles. The van der Waals surface area contributed by atoms with E-state index in [2.05, 4.69) is 4.98 Å². The molecule has 0 saturated carbocycles. The van der Waals surface area contributed by atoms with E-state index in [0.717, 1.165) is 12.1 Å². The van der Waals surface area contributed by atoms with Crippen LogP contribution in [0.4, 0.5) is 14.5 Å². The summed E-state index contributed by atoms with van der Waals surface area (Å²) in [6, 6.07) is 8.56. The Morgan fingerprint density at radius 3 is 2.64 bits per heavy atom.